The van der Waals surface area contributed by atoms with Crippen molar-refractivity contribution in [2.75, 3.05) is 13.1 Å². The lowest BCUT2D eigenvalue weighted by Crippen LogP contribution is -2.36. The second-order valence-electron chi connectivity index (χ2n) is 4.72. The van der Waals surface area contributed by atoms with Crippen molar-refractivity contribution in [3.8, 4) is 0 Å². The number of carbonyl (C=O) groups is 1. The number of amidine groups is 1. The Bertz CT molecular complexity index is 503. The molecule has 3 N–H and O–H groups in total. The molecule has 8 heteroatoms. The van der Waals surface area contributed by atoms with E-state index in [1.807, 2.05) is 13.8 Å². The molecule has 0 aromatic carbocycles. The van der Waals surface area contributed by atoms with E-state index in [-0.39, 0.29) is 11.7 Å². The highest BCUT2D eigenvalue weighted by Crippen LogP contribution is 2.32. The van der Waals surface area contributed by atoms with Crippen molar-refractivity contribution in [3.63, 3.8) is 0 Å². The third kappa shape index (κ3) is 4.85. The predicted octanol–water partition coefficient (Wildman–Crippen LogP) is 3.29. The van der Waals surface area contributed by atoms with E-state index >= 15 is 0 Å². The number of halogens is 2. The van der Waals surface area contributed by atoms with Crippen LogP contribution >= 0.6 is 34.5 Å². The van der Waals surface area contributed by atoms with Crippen LogP contribution in [0.4, 0.5) is 0 Å². The Labute approximate surface area is 132 Å². The van der Waals surface area contributed by atoms with Crippen LogP contribution in [-0.4, -0.2) is 34.9 Å². The first-order chi connectivity index (χ1) is 9.35. The zero-order valence-electron chi connectivity index (χ0n) is 11.3. The number of nitrogens with zero attached hydrogens (tertiary/aromatic N) is 2. The second-order valence-corrected chi connectivity index (χ2v) is 7.01. The van der Waals surface area contributed by atoms with Gasteiger partial charge in [-0.2, -0.15) is 0 Å². The fourth-order valence-corrected chi connectivity index (χ4v) is 3.12. The SMILES string of the molecule is CC(C)CN(CC/C(N)=N/O)C(=O)c1cc(Cl)sc1Cl. The number of amides is 1. The second kappa shape index (κ2) is 7.71. The summed E-state index contributed by atoms with van der Waals surface area (Å²) in [6.07, 6.45) is 0.296. The van der Waals surface area contributed by atoms with Crippen molar-refractivity contribution in [1.29, 1.82) is 0 Å². The maximum absolute atomic E-state index is 12.5. The minimum Gasteiger partial charge on any atom is -0.409 e. The zero-order chi connectivity index (χ0) is 15.3. The monoisotopic (exact) mass is 337 g/mol. The molecule has 5 nitrogen and oxygen atoms in total. The third-order valence-electron chi connectivity index (χ3n) is 2.53. The maximum atomic E-state index is 12.5. The van der Waals surface area contributed by atoms with Gasteiger partial charge in [-0.3, -0.25) is 4.79 Å². The molecule has 0 saturated heterocycles. The van der Waals surface area contributed by atoms with Gasteiger partial charge in [-0.25, -0.2) is 0 Å². The summed E-state index contributed by atoms with van der Waals surface area (Å²) >= 11 is 13.0. The van der Waals surface area contributed by atoms with Crippen LogP contribution in [0.25, 0.3) is 0 Å². The van der Waals surface area contributed by atoms with Crippen molar-refractivity contribution in [3.05, 3.63) is 20.3 Å². The Hall–Kier alpha value is -0.980. The van der Waals surface area contributed by atoms with Gasteiger partial charge in [0.05, 0.1) is 9.90 Å². The van der Waals surface area contributed by atoms with E-state index in [1.54, 1.807) is 11.0 Å². The summed E-state index contributed by atoms with van der Waals surface area (Å²) in [6.45, 7) is 4.93. The normalized spacial score (nSPS) is 11.9. The van der Waals surface area contributed by atoms with Crippen LogP contribution in [0, 0.1) is 5.92 Å². The van der Waals surface area contributed by atoms with Crippen molar-refractivity contribution in [2.24, 2.45) is 16.8 Å². The first-order valence-corrected chi connectivity index (χ1v) is 7.62. The molecule has 1 rings (SSSR count). The summed E-state index contributed by atoms with van der Waals surface area (Å²) in [5.41, 5.74) is 5.83. The Balaban J connectivity index is 2.86. The molecule has 0 bridgehead atoms. The van der Waals surface area contributed by atoms with Gasteiger partial charge in [0.1, 0.15) is 10.2 Å². The molecule has 0 spiro atoms. The van der Waals surface area contributed by atoms with Gasteiger partial charge in [0.2, 0.25) is 0 Å². The molecule has 0 fully saturated rings. The van der Waals surface area contributed by atoms with Gasteiger partial charge in [-0.15, -0.1) is 11.3 Å². The largest absolute Gasteiger partial charge is 0.409 e. The number of rotatable bonds is 6. The fraction of sp³-hybridized carbons (Fsp3) is 0.500. The van der Waals surface area contributed by atoms with E-state index in [4.69, 9.17) is 34.1 Å². The number of nitrogens with two attached hydrogens (primary N) is 1. The molecule has 0 aliphatic carbocycles. The number of thiophene rings is 1. The van der Waals surface area contributed by atoms with Crippen LogP contribution in [0.5, 0.6) is 0 Å². The minimum absolute atomic E-state index is 0.0843. The molecular formula is C12H17Cl2N3O2S. The van der Waals surface area contributed by atoms with Gasteiger partial charge in [0.15, 0.2) is 0 Å². The van der Waals surface area contributed by atoms with Crippen LogP contribution < -0.4 is 5.73 Å². The fourth-order valence-electron chi connectivity index (χ4n) is 1.67. The summed E-state index contributed by atoms with van der Waals surface area (Å²) in [5, 5.41) is 11.5. The highest BCUT2D eigenvalue weighted by atomic mass is 35.5. The van der Waals surface area contributed by atoms with Crippen LogP contribution in [-0.2, 0) is 0 Å². The first-order valence-electron chi connectivity index (χ1n) is 6.05. The Kier molecular flexibility index (Phi) is 6.58. The molecule has 0 saturated carbocycles. The first kappa shape index (κ1) is 17.1. The summed E-state index contributed by atoms with van der Waals surface area (Å²) in [5.74, 6) is 0.178. The average molecular weight is 338 g/mol. The van der Waals surface area contributed by atoms with E-state index in [9.17, 15) is 4.79 Å². The maximum Gasteiger partial charge on any atom is 0.256 e. The van der Waals surface area contributed by atoms with E-state index in [2.05, 4.69) is 5.16 Å². The summed E-state index contributed by atoms with van der Waals surface area (Å²) in [7, 11) is 0. The van der Waals surface area contributed by atoms with Gasteiger partial charge in [-0.1, -0.05) is 42.2 Å². The molecular weight excluding hydrogens is 321 g/mol. The third-order valence-corrected chi connectivity index (χ3v) is 4.01. The lowest BCUT2D eigenvalue weighted by molar-refractivity contribution is 0.0741. The zero-order valence-corrected chi connectivity index (χ0v) is 13.6. The lowest BCUT2D eigenvalue weighted by Gasteiger charge is -2.24. The van der Waals surface area contributed by atoms with Gasteiger partial charge >= 0.3 is 0 Å². The van der Waals surface area contributed by atoms with Crippen LogP contribution in [0.2, 0.25) is 8.67 Å². The Morgan fingerprint density at radius 1 is 1.55 bits per heavy atom. The highest BCUT2D eigenvalue weighted by molar-refractivity contribution is 7.20. The highest BCUT2D eigenvalue weighted by Gasteiger charge is 2.21. The Morgan fingerprint density at radius 3 is 2.65 bits per heavy atom. The molecule has 20 heavy (non-hydrogen) atoms. The summed E-state index contributed by atoms with van der Waals surface area (Å²) in [4.78, 5) is 14.1. The minimum atomic E-state index is -0.197. The molecule has 0 aliphatic heterocycles. The van der Waals surface area contributed by atoms with E-state index < -0.39 is 0 Å². The molecule has 0 atom stereocenters. The molecule has 0 unspecified atom stereocenters. The summed E-state index contributed by atoms with van der Waals surface area (Å²) in [6, 6.07) is 1.56. The molecule has 1 aromatic rings. The van der Waals surface area contributed by atoms with Crippen LogP contribution in [0.1, 0.15) is 30.6 Å². The van der Waals surface area contributed by atoms with Crippen molar-refractivity contribution in [2.45, 2.75) is 20.3 Å². The number of carbonyl (C=O) groups excluding carboxylic acids is 1. The van der Waals surface area contributed by atoms with Gasteiger partial charge in [0.25, 0.3) is 5.91 Å². The van der Waals surface area contributed by atoms with Crippen molar-refractivity contribution in [1.82, 2.24) is 4.90 Å². The lowest BCUT2D eigenvalue weighted by atomic mass is 10.1. The van der Waals surface area contributed by atoms with Crippen LogP contribution in [0.15, 0.2) is 11.2 Å². The number of hydrogen-bond donors (Lipinski definition) is 2. The van der Waals surface area contributed by atoms with E-state index in [1.165, 1.54) is 0 Å². The standard InChI is InChI=1S/C12H17Cl2N3O2S/c1-7(2)6-17(4-3-10(15)16-19)12(18)8-5-9(13)20-11(8)14/h5,7,19H,3-4,6H2,1-2H3,(H2,15,16). The molecule has 1 amide bonds. The molecule has 0 radical (unpaired) electrons. The average Bonchev–Trinajstić information content (AvgIpc) is 2.71. The van der Waals surface area contributed by atoms with Crippen molar-refractivity contribution < 1.29 is 10.0 Å². The van der Waals surface area contributed by atoms with E-state index in [0.717, 1.165) is 11.3 Å². The molecule has 0 aliphatic rings. The van der Waals surface area contributed by atoms with Gasteiger partial charge < -0.3 is 15.8 Å². The predicted molar refractivity (Wildman–Crippen MR) is 83.1 cm³/mol. The molecule has 112 valence electrons. The topological polar surface area (TPSA) is 78.9 Å². The Morgan fingerprint density at radius 2 is 2.20 bits per heavy atom. The number of hydrogen-bond acceptors (Lipinski definition) is 4. The molecule has 1 heterocycles. The quantitative estimate of drug-likeness (QED) is 0.362. The number of oxime groups is 1. The van der Waals surface area contributed by atoms with Crippen LogP contribution in [0.3, 0.4) is 0 Å². The smallest absolute Gasteiger partial charge is 0.256 e. The molecule has 1 aromatic heterocycles. The van der Waals surface area contributed by atoms with Crippen molar-refractivity contribution >= 4 is 46.3 Å². The van der Waals surface area contributed by atoms with Gasteiger partial charge in [0, 0.05) is 19.5 Å². The summed E-state index contributed by atoms with van der Waals surface area (Å²) < 4.78 is 0.844. The van der Waals surface area contributed by atoms with Gasteiger partial charge in [-0.05, 0) is 12.0 Å². The van der Waals surface area contributed by atoms with E-state index in [0.29, 0.717) is 39.7 Å².